The van der Waals surface area contributed by atoms with Crippen molar-refractivity contribution < 1.29 is 4.52 Å². The SMILES string of the molecule is CC(N)Cc1noc(-c2ccnn2C)n1. The Morgan fingerprint density at radius 3 is 3.00 bits per heavy atom. The highest BCUT2D eigenvalue weighted by Crippen LogP contribution is 2.15. The maximum atomic E-state index is 5.64. The van der Waals surface area contributed by atoms with E-state index in [2.05, 4.69) is 15.2 Å². The number of aromatic nitrogens is 4. The normalized spacial score (nSPS) is 13.0. The Balaban J connectivity index is 2.24. The van der Waals surface area contributed by atoms with Crippen molar-refractivity contribution in [3.8, 4) is 11.6 Å². The predicted molar refractivity (Wildman–Crippen MR) is 53.9 cm³/mol. The molecule has 0 radical (unpaired) electrons. The van der Waals surface area contributed by atoms with E-state index < -0.39 is 0 Å². The molecule has 6 nitrogen and oxygen atoms in total. The number of nitrogens with zero attached hydrogens (tertiary/aromatic N) is 4. The summed E-state index contributed by atoms with van der Waals surface area (Å²) in [5, 5.41) is 7.87. The molecular weight excluding hydrogens is 194 g/mol. The molecule has 0 amide bonds. The van der Waals surface area contributed by atoms with Crippen LogP contribution in [0.1, 0.15) is 12.7 Å². The van der Waals surface area contributed by atoms with Crippen molar-refractivity contribution in [3.05, 3.63) is 18.1 Å². The summed E-state index contributed by atoms with van der Waals surface area (Å²) in [5.41, 5.74) is 6.45. The summed E-state index contributed by atoms with van der Waals surface area (Å²) in [6.07, 6.45) is 2.30. The van der Waals surface area contributed by atoms with Crippen molar-refractivity contribution in [3.63, 3.8) is 0 Å². The smallest absolute Gasteiger partial charge is 0.276 e. The van der Waals surface area contributed by atoms with Gasteiger partial charge in [-0.05, 0) is 13.0 Å². The Labute approximate surface area is 87.1 Å². The first kappa shape index (κ1) is 9.85. The molecule has 0 spiro atoms. The van der Waals surface area contributed by atoms with Crippen LogP contribution in [0.3, 0.4) is 0 Å². The van der Waals surface area contributed by atoms with Crippen LogP contribution in [0.4, 0.5) is 0 Å². The van der Waals surface area contributed by atoms with Gasteiger partial charge in [0.15, 0.2) is 5.82 Å². The van der Waals surface area contributed by atoms with Crippen molar-refractivity contribution in [2.75, 3.05) is 0 Å². The molecule has 2 rings (SSSR count). The van der Waals surface area contributed by atoms with Crippen LogP contribution in [0.5, 0.6) is 0 Å². The third kappa shape index (κ3) is 2.04. The first-order valence-electron chi connectivity index (χ1n) is 4.73. The molecule has 0 aromatic carbocycles. The number of aryl methyl sites for hydroxylation is 1. The second-order valence-electron chi connectivity index (χ2n) is 3.54. The lowest BCUT2D eigenvalue weighted by atomic mass is 10.2. The molecule has 2 heterocycles. The number of hydrogen-bond acceptors (Lipinski definition) is 5. The molecule has 1 atom stereocenters. The quantitative estimate of drug-likeness (QED) is 0.785. The van der Waals surface area contributed by atoms with E-state index in [9.17, 15) is 0 Å². The maximum Gasteiger partial charge on any atom is 0.276 e. The standard InChI is InChI=1S/C9H13N5O/c1-6(10)5-8-12-9(15-13-8)7-3-4-11-14(7)2/h3-4,6H,5,10H2,1-2H3. The average molecular weight is 207 g/mol. The van der Waals surface area contributed by atoms with E-state index in [-0.39, 0.29) is 6.04 Å². The second kappa shape index (κ2) is 3.82. The summed E-state index contributed by atoms with van der Waals surface area (Å²) in [5.74, 6) is 1.10. The summed E-state index contributed by atoms with van der Waals surface area (Å²) in [6.45, 7) is 1.90. The van der Waals surface area contributed by atoms with Gasteiger partial charge in [0.1, 0.15) is 5.69 Å². The molecule has 0 aliphatic rings. The Hall–Kier alpha value is -1.69. The van der Waals surface area contributed by atoms with Crippen LogP contribution in [0.2, 0.25) is 0 Å². The van der Waals surface area contributed by atoms with E-state index in [4.69, 9.17) is 10.3 Å². The summed E-state index contributed by atoms with van der Waals surface area (Å²) in [6, 6.07) is 1.85. The fourth-order valence-corrected chi connectivity index (χ4v) is 1.31. The van der Waals surface area contributed by atoms with Gasteiger partial charge in [0.25, 0.3) is 5.89 Å². The van der Waals surface area contributed by atoms with Gasteiger partial charge in [-0.25, -0.2) is 0 Å². The molecule has 0 fully saturated rings. The molecule has 2 aromatic heterocycles. The van der Waals surface area contributed by atoms with Crippen molar-refractivity contribution in [2.24, 2.45) is 12.8 Å². The Morgan fingerprint density at radius 2 is 2.40 bits per heavy atom. The van der Waals surface area contributed by atoms with E-state index in [0.717, 1.165) is 5.69 Å². The van der Waals surface area contributed by atoms with Crippen LogP contribution < -0.4 is 5.73 Å². The zero-order valence-corrected chi connectivity index (χ0v) is 8.71. The van der Waals surface area contributed by atoms with E-state index in [1.165, 1.54) is 0 Å². The minimum Gasteiger partial charge on any atom is -0.332 e. The molecule has 1 unspecified atom stereocenters. The summed E-state index contributed by atoms with van der Waals surface area (Å²) in [7, 11) is 1.82. The largest absolute Gasteiger partial charge is 0.332 e. The highest BCUT2D eigenvalue weighted by molar-refractivity contribution is 5.45. The highest BCUT2D eigenvalue weighted by atomic mass is 16.5. The van der Waals surface area contributed by atoms with Crippen molar-refractivity contribution in [1.82, 2.24) is 19.9 Å². The molecular formula is C9H13N5O. The van der Waals surface area contributed by atoms with Gasteiger partial charge in [0.2, 0.25) is 0 Å². The van der Waals surface area contributed by atoms with E-state index in [0.29, 0.717) is 18.1 Å². The molecule has 80 valence electrons. The maximum absolute atomic E-state index is 5.64. The Kier molecular flexibility index (Phi) is 2.51. The van der Waals surface area contributed by atoms with Gasteiger partial charge in [-0.15, -0.1) is 0 Å². The zero-order valence-electron chi connectivity index (χ0n) is 8.71. The fourth-order valence-electron chi connectivity index (χ4n) is 1.31. The molecule has 0 saturated heterocycles. The molecule has 15 heavy (non-hydrogen) atoms. The average Bonchev–Trinajstić information content (AvgIpc) is 2.72. The van der Waals surface area contributed by atoms with Gasteiger partial charge in [-0.3, -0.25) is 4.68 Å². The van der Waals surface area contributed by atoms with Gasteiger partial charge in [-0.1, -0.05) is 5.16 Å². The second-order valence-corrected chi connectivity index (χ2v) is 3.54. The third-order valence-electron chi connectivity index (χ3n) is 2.01. The highest BCUT2D eigenvalue weighted by Gasteiger charge is 2.12. The summed E-state index contributed by atoms with van der Waals surface area (Å²) in [4.78, 5) is 4.24. The molecule has 0 aliphatic heterocycles. The van der Waals surface area contributed by atoms with Crippen molar-refractivity contribution in [2.45, 2.75) is 19.4 Å². The predicted octanol–water partition coefficient (Wildman–Crippen LogP) is 0.360. The number of hydrogen-bond donors (Lipinski definition) is 1. The molecule has 0 aliphatic carbocycles. The zero-order chi connectivity index (χ0) is 10.8. The van der Waals surface area contributed by atoms with E-state index in [1.54, 1.807) is 10.9 Å². The van der Waals surface area contributed by atoms with Crippen LogP contribution in [0, 0.1) is 0 Å². The lowest BCUT2D eigenvalue weighted by Gasteiger charge is -1.97. The van der Waals surface area contributed by atoms with Gasteiger partial charge in [0.05, 0.1) is 0 Å². The monoisotopic (exact) mass is 207 g/mol. The number of rotatable bonds is 3. The lowest BCUT2D eigenvalue weighted by molar-refractivity contribution is 0.417. The fraction of sp³-hybridized carbons (Fsp3) is 0.444. The Bertz CT molecular complexity index is 445. The van der Waals surface area contributed by atoms with E-state index >= 15 is 0 Å². The number of nitrogens with two attached hydrogens (primary N) is 1. The molecule has 0 bridgehead atoms. The van der Waals surface area contributed by atoms with Gasteiger partial charge in [0, 0.05) is 25.7 Å². The van der Waals surface area contributed by atoms with Gasteiger partial charge < -0.3 is 10.3 Å². The van der Waals surface area contributed by atoms with Gasteiger partial charge in [-0.2, -0.15) is 10.1 Å². The van der Waals surface area contributed by atoms with Crippen LogP contribution >= 0.6 is 0 Å². The summed E-state index contributed by atoms with van der Waals surface area (Å²) >= 11 is 0. The van der Waals surface area contributed by atoms with E-state index in [1.807, 2.05) is 20.0 Å². The first-order chi connectivity index (χ1) is 7.16. The minimum absolute atomic E-state index is 0.0296. The molecule has 2 N–H and O–H groups in total. The lowest BCUT2D eigenvalue weighted by Crippen LogP contribution is -2.18. The molecule has 0 saturated carbocycles. The van der Waals surface area contributed by atoms with Gasteiger partial charge >= 0.3 is 0 Å². The third-order valence-corrected chi connectivity index (χ3v) is 2.01. The molecule has 2 aromatic rings. The van der Waals surface area contributed by atoms with Crippen molar-refractivity contribution >= 4 is 0 Å². The van der Waals surface area contributed by atoms with Crippen LogP contribution in [0.15, 0.2) is 16.8 Å². The van der Waals surface area contributed by atoms with Crippen LogP contribution in [-0.2, 0) is 13.5 Å². The van der Waals surface area contributed by atoms with Crippen molar-refractivity contribution in [1.29, 1.82) is 0 Å². The minimum atomic E-state index is 0.0296. The topological polar surface area (TPSA) is 82.8 Å². The van der Waals surface area contributed by atoms with Crippen LogP contribution in [0.25, 0.3) is 11.6 Å². The van der Waals surface area contributed by atoms with Crippen LogP contribution in [-0.4, -0.2) is 26.0 Å². The summed E-state index contributed by atoms with van der Waals surface area (Å²) < 4.78 is 6.80. The molecule has 6 heteroatoms. The first-order valence-corrected chi connectivity index (χ1v) is 4.73. The Morgan fingerprint density at radius 1 is 1.60 bits per heavy atom.